The lowest BCUT2D eigenvalue weighted by molar-refractivity contribution is -0.384. The summed E-state index contributed by atoms with van der Waals surface area (Å²) in [4.78, 5) is 21.8. The van der Waals surface area contributed by atoms with E-state index in [1.807, 2.05) is 0 Å². The summed E-state index contributed by atoms with van der Waals surface area (Å²) in [6.07, 6.45) is 0. The summed E-state index contributed by atoms with van der Waals surface area (Å²) in [7, 11) is 1.57. The second-order valence-corrected chi connectivity index (χ2v) is 5.06. The minimum absolute atomic E-state index is 0.0582. The first-order valence-electron chi connectivity index (χ1n) is 6.04. The third-order valence-electron chi connectivity index (χ3n) is 2.21. The normalized spacial score (nSPS) is 10.8. The molecule has 0 spiro atoms. The number of carbonyl (C=O) groups is 1. The van der Waals surface area contributed by atoms with Crippen LogP contribution in [0.3, 0.4) is 0 Å². The highest BCUT2D eigenvalue weighted by Gasteiger charge is 2.17. The van der Waals surface area contributed by atoms with Crippen LogP contribution in [0.2, 0.25) is 0 Å². The highest BCUT2D eigenvalue weighted by Crippen LogP contribution is 2.28. The molecule has 0 aliphatic rings. The molecule has 0 bridgehead atoms. The molecule has 0 aliphatic heterocycles. The molecule has 0 aromatic heterocycles. The molecule has 0 unspecified atom stereocenters. The minimum Gasteiger partial charge on any atom is -0.482 e. The van der Waals surface area contributed by atoms with Crippen LogP contribution < -0.4 is 10.1 Å². The Hall–Kier alpha value is -2.31. The molecule has 7 heteroatoms. The number of nitrogens with one attached hydrogen (secondary N) is 1. The van der Waals surface area contributed by atoms with E-state index in [1.54, 1.807) is 27.8 Å². The van der Waals surface area contributed by atoms with E-state index in [4.69, 9.17) is 9.47 Å². The average molecular weight is 282 g/mol. The van der Waals surface area contributed by atoms with E-state index in [-0.39, 0.29) is 12.3 Å². The summed E-state index contributed by atoms with van der Waals surface area (Å²) in [5.74, 6) is -0.146. The highest BCUT2D eigenvalue weighted by atomic mass is 16.6. The molecule has 0 saturated heterocycles. The van der Waals surface area contributed by atoms with Gasteiger partial charge in [-0.3, -0.25) is 10.1 Å². The molecule has 0 radical (unpaired) electrons. The van der Waals surface area contributed by atoms with Crippen molar-refractivity contribution in [1.82, 2.24) is 0 Å². The summed E-state index contributed by atoms with van der Waals surface area (Å²) in [5.41, 5.74) is -0.319. The minimum atomic E-state index is -0.577. The quantitative estimate of drug-likeness (QED) is 0.506. The van der Waals surface area contributed by atoms with Gasteiger partial charge in [0, 0.05) is 19.2 Å². The average Bonchev–Trinajstić information content (AvgIpc) is 2.33. The van der Waals surface area contributed by atoms with E-state index in [0.717, 1.165) is 0 Å². The number of hydrogen-bond acceptors (Lipinski definition) is 6. The number of carbonyl (C=O) groups excluding carboxylic acids is 1. The molecule has 0 atom stereocenters. The van der Waals surface area contributed by atoms with Crippen molar-refractivity contribution in [2.24, 2.45) is 0 Å². The van der Waals surface area contributed by atoms with Gasteiger partial charge >= 0.3 is 5.97 Å². The summed E-state index contributed by atoms with van der Waals surface area (Å²) >= 11 is 0. The molecule has 0 saturated carbocycles. The van der Waals surface area contributed by atoms with Gasteiger partial charge in [-0.05, 0) is 26.8 Å². The molecule has 20 heavy (non-hydrogen) atoms. The van der Waals surface area contributed by atoms with Gasteiger partial charge in [0.05, 0.1) is 4.92 Å². The van der Waals surface area contributed by atoms with Crippen LogP contribution in [0.4, 0.5) is 11.4 Å². The van der Waals surface area contributed by atoms with Crippen LogP contribution >= 0.6 is 0 Å². The van der Waals surface area contributed by atoms with E-state index in [0.29, 0.717) is 11.4 Å². The third-order valence-corrected chi connectivity index (χ3v) is 2.21. The summed E-state index contributed by atoms with van der Waals surface area (Å²) in [6, 6.07) is 4.21. The Morgan fingerprint density at radius 2 is 2.05 bits per heavy atom. The Morgan fingerprint density at radius 1 is 1.40 bits per heavy atom. The smallest absolute Gasteiger partial charge is 0.344 e. The number of nitro groups is 1. The lowest BCUT2D eigenvalue weighted by Crippen LogP contribution is -2.27. The van der Waals surface area contributed by atoms with E-state index in [1.165, 1.54) is 18.2 Å². The zero-order valence-electron chi connectivity index (χ0n) is 11.9. The van der Waals surface area contributed by atoms with Gasteiger partial charge in [0.2, 0.25) is 0 Å². The standard InChI is InChI=1S/C13H18N2O5/c1-13(2,3)20-12(16)8-19-9-5-6-11(15(17)18)10(7-9)14-4/h5-7,14H,8H2,1-4H3. The van der Waals surface area contributed by atoms with Gasteiger partial charge in [-0.2, -0.15) is 0 Å². The van der Waals surface area contributed by atoms with Crippen molar-refractivity contribution in [2.45, 2.75) is 26.4 Å². The third kappa shape index (κ3) is 4.75. The van der Waals surface area contributed by atoms with Crippen LogP contribution in [0, 0.1) is 10.1 Å². The lowest BCUT2D eigenvalue weighted by atomic mass is 10.2. The van der Waals surface area contributed by atoms with Crippen LogP contribution in [0.1, 0.15) is 20.8 Å². The van der Waals surface area contributed by atoms with Gasteiger partial charge < -0.3 is 14.8 Å². The zero-order valence-corrected chi connectivity index (χ0v) is 11.9. The SMILES string of the molecule is CNc1cc(OCC(=O)OC(C)(C)C)ccc1[N+](=O)[O-]. The number of rotatable bonds is 5. The fraction of sp³-hybridized carbons (Fsp3) is 0.462. The van der Waals surface area contributed by atoms with E-state index in [2.05, 4.69) is 5.32 Å². The van der Waals surface area contributed by atoms with E-state index >= 15 is 0 Å². The molecule has 0 aliphatic carbocycles. The molecule has 1 aromatic rings. The zero-order chi connectivity index (χ0) is 15.3. The van der Waals surface area contributed by atoms with Gasteiger partial charge in [-0.15, -0.1) is 0 Å². The maximum atomic E-state index is 11.5. The molecule has 7 nitrogen and oxygen atoms in total. The van der Waals surface area contributed by atoms with Crippen molar-refractivity contribution in [1.29, 1.82) is 0 Å². The van der Waals surface area contributed by atoms with Crippen molar-refractivity contribution in [3.8, 4) is 5.75 Å². The fourth-order valence-corrected chi connectivity index (χ4v) is 1.48. The Bertz CT molecular complexity index is 508. The number of anilines is 1. The molecule has 0 fully saturated rings. The van der Waals surface area contributed by atoms with Gasteiger partial charge in [-0.1, -0.05) is 0 Å². The summed E-state index contributed by atoms with van der Waals surface area (Å²) in [6.45, 7) is 5.03. The topological polar surface area (TPSA) is 90.7 Å². The Morgan fingerprint density at radius 3 is 2.55 bits per heavy atom. The van der Waals surface area contributed by atoms with Crippen molar-refractivity contribution in [3.63, 3.8) is 0 Å². The maximum absolute atomic E-state index is 11.5. The Kier molecular flexibility index (Phi) is 4.90. The van der Waals surface area contributed by atoms with Crippen LogP contribution in [0.5, 0.6) is 5.75 Å². The second kappa shape index (κ2) is 6.23. The number of benzene rings is 1. The molecule has 1 aromatic carbocycles. The monoisotopic (exact) mass is 282 g/mol. The summed E-state index contributed by atoms with van der Waals surface area (Å²) in [5, 5.41) is 13.5. The van der Waals surface area contributed by atoms with Gasteiger partial charge in [0.15, 0.2) is 6.61 Å². The number of nitrogens with zero attached hydrogens (tertiary/aromatic N) is 1. The molecule has 0 amide bonds. The van der Waals surface area contributed by atoms with Crippen LogP contribution in [0.15, 0.2) is 18.2 Å². The van der Waals surface area contributed by atoms with E-state index in [9.17, 15) is 14.9 Å². The fourth-order valence-electron chi connectivity index (χ4n) is 1.48. The van der Waals surface area contributed by atoms with Crippen molar-refractivity contribution < 1.29 is 19.2 Å². The van der Waals surface area contributed by atoms with Crippen LogP contribution in [-0.4, -0.2) is 30.1 Å². The number of hydrogen-bond donors (Lipinski definition) is 1. The van der Waals surface area contributed by atoms with E-state index < -0.39 is 16.5 Å². The molecule has 1 rings (SSSR count). The first-order chi connectivity index (χ1) is 9.23. The number of esters is 1. The number of nitro benzene ring substituents is 1. The molecular formula is C13H18N2O5. The Labute approximate surface area is 117 Å². The number of ether oxygens (including phenoxy) is 2. The molecular weight excluding hydrogens is 264 g/mol. The van der Waals surface area contributed by atoms with Crippen molar-refractivity contribution in [2.75, 3.05) is 19.0 Å². The van der Waals surface area contributed by atoms with Crippen LogP contribution in [0.25, 0.3) is 0 Å². The van der Waals surface area contributed by atoms with Crippen molar-refractivity contribution in [3.05, 3.63) is 28.3 Å². The van der Waals surface area contributed by atoms with Gasteiger partial charge in [0.25, 0.3) is 5.69 Å². The van der Waals surface area contributed by atoms with Gasteiger partial charge in [-0.25, -0.2) is 4.79 Å². The molecule has 0 heterocycles. The summed E-state index contributed by atoms with van der Waals surface area (Å²) < 4.78 is 10.3. The first-order valence-corrected chi connectivity index (χ1v) is 6.04. The molecule has 110 valence electrons. The van der Waals surface area contributed by atoms with Crippen LogP contribution in [-0.2, 0) is 9.53 Å². The molecule has 1 N–H and O–H groups in total. The van der Waals surface area contributed by atoms with Gasteiger partial charge in [0.1, 0.15) is 17.0 Å². The largest absolute Gasteiger partial charge is 0.482 e. The lowest BCUT2D eigenvalue weighted by Gasteiger charge is -2.19. The predicted octanol–water partition coefficient (Wildman–Crippen LogP) is 2.36. The first kappa shape index (κ1) is 15.7. The predicted molar refractivity (Wildman–Crippen MR) is 74.0 cm³/mol. The van der Waals surface area contributed by atoms with Crippen molar-refractivity contribution >= 4 is 17.3 Å². The maximum Gasteiger partial charge on any atom is 0.344 e. The highest BCUT2D eigenvalue weighted by molar-refractivity contribution is 5.72. The second-order valence-electron chi connectivity index (χ2n) is 5.06. The Balaban J connectivity index is 2.70.